The van der Waals surface area contributed by atoms with Crippen LogP contribution in [-0.4, -0.2) is 50.4 Å². The lowest BCUT2D eigenvalue weighted by Crippen LogP contribution is -2.42. The molecule has 2 aromatic carbocycles. The maximum Gasteiger partial charge on any atom is 0.326 e. The molecule has 0 saturated heterocycles. The summed E-state index contributed by atoms with van der Waals surface area (Å²) in [4.78, 5) is 28.4. The van der Waals surface area contributed by atoms with E-state index in [9.17, 15) is 14.7 Å². The van der Waals surface area contributed by atoms with Gasteiger partial charge >= 0.3 is 5.97 Å². The standard InChI is InChI=1S/C22H22Cl2N6O3/c1-13(25)26-10-9-15-12-30(29-28-15)16-7-5-14(6-8-16)11-19(22(32)33)27-21(31)20-17(23)3-2-4-18(20)24/h2-8,12,19H,9-11H2,1H3,(H2,25,26)(H,27,31)(H,32,33)/t19-/m0/s1. The quantitative estimate of drug-likeness (QED) is 0.313. The summed E-state index contributed by atoms with van der Waals surface area (Å²) < 4.78 is 1.62. The van der Waals surface area contributed by atoms with E-state index in [4.69, 9.17) is 28.9 Å². The van der Waals surface area contributed by atoms with Crippen LogP contribution in [-0.2, 0) is 17.6 Å². The van der Waals surface area contributed by atoms with E-state index in [0.717, 1.165) is 11.4 Å². The number of nitrogens with two attached hydrogens (primary N) is 1. The highest BCUT2D eigenvalue weighted by molar-refractivity contribution is 6.39. The molecule has 0 bridgehead atoms. The van der Waals surface area contributed by atoms with Crippen molar-refractivity contribution in [1.82, 2.24) is 20.3 Å². The Morgan fingerprint density at radius 3 is 2.45 bits per heavy atom. The molecule has 1 heterocycles. The van der Waals surface area contributed by atoms with Gasteiger partial charge in [0, 0.05) is 19.4 Å². The fraction of sp³-hybridized carbons (Fsp3) is 0.227. The van der Waals surface area contributed by atoms with Crippen LogP contribution in [0.4, 0.5) is 0 Å². The first kappa shape index (κ1) is 24.2. The van der Waals surface area contributed by atoms with Crippen LogP contribution >= 0.6 is 23.2 Å². The number of carbonyl (C=O) groups excluding carboxylic acids is 1. The lowest BCUT2D eigenvalue weighted by atomic mass is 10.0. The maximum atomic E-state index is 12.6. The van der Waals surface area contributed by atoms with E-state index in [1.807, 2.05) is 0 Å². The van der Waals surface area contributed by atoms with Crippen molar-refractivity contribution in [3.05, 3.63) is 75.5 Å². The van der Waals surface area contributed by atoms with Crippen LogP contribution in [0.15, 0.2) is 53.7 Å². The molecule has 0 unspecified atom stereocenters. The maximum absolute atomic E-state index is 12.6. The highest BCUT2D eigenvalue weighted by Crippen LogP contribution is 2.24. The van der Waals surface area contributed by atoms with Gasteiger partial charge in [-0.05, 0) is 36.8 Å². The molecule has 0 radical (unpaired) electrons. The number of carboxylic acids is 1. The second-order valence-corrected chi connectivity index (χ2v) is 8.07. The van der Waals surface area contributed by atoms with Crippen LogP contribution < -0.4 is 11.1 Å². The molecule has 3 rings (SSSR count). The van der Waals surface area contributed by atoms with Gasteiger partial charge < -0.3 is 16.2 Å². The Hall–Kier alpha value is -3.43. The molecule has 1 aromatic heterocycles. The van der Waals surface area contributed by atoms with Crippen LogP contribution in [0.1, 0.15) is 28.5 Å². The lowest BCUT2D eigenvalue weighted by Gasteiger charge is -2.16. The van der Waals surface area contributed by atoms with Gasteiger partial charge in [-0.25, -0.2) is 9.48 Å². The number of nitrogens with zero attached hydrogens (tertiary/aromatic N) is 4. The van der Waals surface area contributed by atoms with E-state index in [0.29, 0.717) is 24.4 Å². The lowest BCUT2D eigenvalue weighted by molar-refractivity contribution is -0.139. The van der Waals surface area contributed by atoms with Crippen molar-refractivity contribution < 1.29 is 14.7 Å². The molecule has 33 heavy (non-hydrogen) atoms. The molecule has 0 fully saturated rings. The van der Waals surface area contributed by atoms with Crippen LogP contribution in [0.2, 0.25) is 10.0 Å². The summed E-state index contributed by atoms with van der Waals surface area (Å²) in [6.07, 6.45) is 2.48. The molecule has 1 amide bonds. The van der Waals surface area contributed by atoms with Gasteiger partial charge in [-0.1, -0.05) is 46.6 Å². The number of hydrogen-bond acceptors (Lipinski definition) is 5. The summed E-state index contributed by atoms with van der Waals surface area (Å²) in [5.74, 6) is -1.31. The first-order valence-electron chi connectivity index (χ1n) is 9.99. The number of aliphatic imine (C=N–C) groups is 1. The predicted molar refractivity (Wildman–Crippen MR) is 126 cm³/mol. The molecule has 0 aliphatic carbocycles. The Morgan fingerprint density at radius 2 is 1.85 bits per heavy atom. The van der Waals surface area contributed by atoms with E-state index in [1.165, 1.54) is 12.1 Å². The Morgan fingerprint density at radius 1 is 1.18 bits per heavy atom. The number of aromatic nitrogens is 3. The number of rotatable bonds is 9. The molecule has 0 aliphatic heterocycles. The third kappa shape index (κ3) is 6.53. The Balaban J connectivity index is 1.67. The Labute approximate surface area is 200 Å². The second kappa shape index (κ2) is 10.9. The smallest absolute Gasteiger partial charge is 0.326 e. The van der Waals surface area contributed by atoms with Gasteiger partial charge in [-0.2, -0.15) is 0 Å². The van der Waals surface area contributed by atoms with E-state index in [-0.39, 0.29) is 22.0 Å². The van der Waals surface area contributed by atoms with E-state index in [1.54, 1.807) is 48.1 Å². The summed E-state index contributed by atoms with van der Waals surface area (Å²) in [6.45, 7) is 2.26. The number of carbonyl (C=O) groups is 2. The number of aliphatic carboxylic acids is 1. The molecule has 3 aromatic rings. The van der Waals surface area contributed by atoms with Crippen LogP contribution in [0.25, 0.3) is 5.69 Å². The zero-order chi connectivity index (χ0) is 24.0. The monoisotopic (exact) mass is 488 g/mol. The zero-order valence-corrected chi connectivity index (χ0v) is 19.2. The minimum atomic E-state index is -1.17. The first-order chi connectivity index (χ1) is 15.7. The third-order valence-corrected chi connectivity index (χ3v) is 5.33. The number of hydrogen-bond donors (Lipinski definition) is 3. The Bertz CT molecular complexity index is 1150. The van der Waals surface area contributed by atoms with Crippen molar-refractivity contribution in [2.45, 2.75) is 25.8 Å². The summed E-state index contributed by atoms with van der Waals surface area (Å²) in [5.41, 5.74) is 7.81. The van der Waals surface area contributed by atoms with Gasteiger partial charge in [0.05, 0.1) is 39.0 Å². The molecule has 9 nitrogen and oxygen atoms in total. The number of carboxylic acid groups (broad SMARTS) is 1. The molecule has 172 valence electrons. The molecule has 4 N–H and O–H groups in total. The zero-order valence-electron chi connectivity index (χ0n) is 17.7. The average molecular weight is 489 g/mol. The highest BCUT2D eigenvalue weighted by atomic mass is 35.5. The fourth-order valence-corrected chi connectivity index (χ4v) is 3.62. The molecule has 1 atom stereocenters. The number of amides is 1. The largest absolute Gasteiger partial charge is 0.480 e. The molecule has 0 saturated carbocycles. The van der Waals surface area contributed by atoms with Crippen molar-refractivity contribution in [3.63, 3.8) is 0 Å². The fourth-order valence-electron chi connectivity index (χ4n) is 3.05. The van der Waals surface area contributed by atoms with Gasteiger partial charge in [-0.15, -0.1) is 5.10 Å². The number of halogens is 2. The molecule has 0 spiro atoms. The summed E-state index contributed by atoms with van der Waals surface area (Å²) in [7, 11) is 0. The molecular weight excluding hydrogens is 467 g/mol. The minimum Gasteiger partial charge on any atom is -0.480 e. The van der Waals surface area contributed by atoms with E-state index in [2.05, 4.69) is 20.6 Å². The van der Waals surface area contributed by atoms with Gasteiger partial charge in [-0.3, -0.25) is 9.79 Å². The SMILES string of the molecule is CC(N)=NCCc1cn(-c2ccc(C[C@H](NC(=O)c3c(Cl)cccc3Cl)C(=O)O)cc2)nn1. The average Bonchev–Trinajstić information content (AvgIpc) is 3.22. The minimum absolute atomic E-state index is 0.0386. The number of amidine groups is 1. The van der Waals surface area contributed by atoms with Gasteiger partial charge in [0.2, 0.25) is 0 Å². The highest BCUT2D eigenvalue weighted by Gasteiger charge is 2.23. The van der Waals surface area contributed by atoms with Crippen LogP contribution in [0.3, 0.4) is 0 Å². The third-order valence-electron chi connectivity index (χ3n) is 4.70. The van der Waals surface area contributed by atoms with Crippen LogP contribution in [0.5, 0.6) is 0 Å². The van der Waals surface area contributed by atoms with Gasteiger partial charge in [0.15, 0.2) is 0 Å². The van der Waals surface area contributed by atoms with Crippen molar-refractivity contribution in [2.75, 3.05) is 6.54 Å². The number of nitrogens with one attached hydrogen (secondary N) is 1. The molecular formula is C22H22Cl2N6O3. The van der Waals surface area contributed by atoms with Crippen molar-refractivity contribution in [1.29, 1.82) is 0 Å². The van der Waals surface area contributed by atoms with Gasteiger partial charge in [0.1, 0.15) is 6.04 Å². The van der Waals surface area contributed by atoms with Gasteiger partial charge in [0.25, 0.3) is 5.91 Å². The molecule has 11 heteroatoms. The van der Waals surface area contributed by atoms with E-state index < -0.39 is 17.9 Å². The first-order valence-corrected chi connectivity index (χ1v) is 10.7. The molecule has 0 aliphatic rings. The second-order valence-electron chi connectivity index (χ2n) is 7.26. The van der Waals surface area contributed by atoms with Crippen molar-refractivity contribution in [2.24, 2.45) is 10.7 Å². The van der Waals surface area contributed by atoms with E-state index >= 15 is 0 Å². The topological polar surface area (TPSA) is 135 Å². The van der Waals surface area contributed by atoms with Crippen molar-refractivity contribution >= 4 is 40.9 Å². The summed E-state index contributed by atoms with van der Waals surface area (Å²) in [6, 6.07) is 10.6. The Kier molecular flexibility index (Phi) is 8.02. The number of benzene rings is 2. The summed E-state index contributed by atoms with van der Waals surface area (Å²) >= 11 is 12.1. The summed E-state index contributed by atoms with van der Waals surface area (Å²) in [5, 5.41) is 20.6. The van der Waals surface area contributed by atoms with Crippen LogP contribution in [0, 0.1) is 0 Å². The normalized spacial score (nSPS) is 12.4. The van der Waals surface area contributed by atoms with Crippen molar-refractivity contribution in [3.8, 4) is 5.69 Å². The predicted octanol–water partition coefficient (Wildman–Crippen LogP) is 2.92.